The van der Waals surface area contributed by atoms with E-state index in [-0.39, 0.29) is 6.04 Å². The van der Waals surface area contributed by atoms with Gasteiger partial charge in [-0.3, -0.25) is 0 Å². The van der Waals surface area contributed by atoms with Crippen molar-refractivity contribution in [2.45, 2.75) is 26.3 Å². The maximum atomic E-state index is 6.27. The van der Waals surface area contributed by atoms with Crippen LogP contribution in [0.5, 0.6) is 0 Å². The second-order valence-electron chi connectivity index (χ2n) is 4.45. The molecular weight excluding hydrogens is 297 g/mol. The van der Waals surface area contributed by atoms with Crippen LogP contribution < -0.4 is 5.32 Å². The molecule has 0 fully saturated rings. The lowest BCUT2D eigenvalue weighted by Crippen LogP contribution is -2.23. The Morgan fingerprint density at radius 1 is 1.21 bits per heavy atom. The summed E-state index contributed by atoms with van der Waals surface area (Å²) in [6, 6.07) is 8.11. The Kier molecular flexibility index (Phi) is 5.28. The fourth-order valence-corrected chi connectivity index (χ4v) is 3.54. The highest BCUT2D eigenvalue weighted by molar-refractivity contribution is 7.10. The first-order valence-electron chi connectivity index (χ1n) is 6.33. The van der Waals surface area contributed by atoms with Gasteiger partial charge in [0.2, 0.25) is 0 Å². The fraction of sp³-hybridized carbons (Fsp3) is 0.333. The van der Waals surface area contributed by atoms with Gasteiger partial charge in [-0.2, -0.15) is 0 Å². The number of halogens is 2. The SMILES string of the molecule is CCNC(Cc1c(Cl)cccc1Cl)c1ccsc1C. The predicted molar refractivity (Wildman–Crippen MR) is 85.6 cm³/mol. The van der Waals surface area contributed by atoms with E-state index in [2.05, 4.69) is 30.6 Å². The zero-order valence-electron chi connectivity index (χ0n) is 11.0. The average Bonchev–Trinajstić information content (AvgIpc) is 2.79. The molecule has 1 N–H and O–H groups in total. The summed E-state index contributed by atoms with van der Waals surface area (Å²) in [7, 11) is 0. The molecule has 0 bridgehead atoms. The first-order chi connectivity index (χ1) is 9.13. The second kappa shape index (κ2) is 6.76. The summed E-state index contributed by atoms with van der Waals surface area (Å²) in [6.07, 6.45) is 0.809. The van der Waals surface area contributed by atoms with E-state index < -0.39 is 0 Å². The van der Waals surface area contributed by atoms with E-state index in [9.17, 15) is 0 Å². The zero-order valence-corrected chi connectivity index (χ0v) is 13.4. The molecule has 0 saturated carbocycles. The summed E-state index contributed by atoms with van der Waals surface area (Å²) >= 11 is 14.3. The monoisotopic (exact) mass is 313 g/mol. The number of likely N-dealkylation sites (N-methyl/N-ethyl adjacent to an activating group) is 1. The minimum Gasteiger partial charge on any atom is -0.310 e. The molecule has 0 amide bonds. The van der Waals surface area contributed by atoms with Crippen LogP contribution in [0.2, 0.25) is 10.0 Å². The summed E-state index contributed by atoms with van der Waals surface area (Å²) in [5.74, 6) is 0. The third-order valence-electron chi connectivity index (χ3n) is 3.19. The van der Waals surface area contributed by atoms with Crippen molar-refractivity contribution in [3.05, 3.63) is 55.7 Å². The quantitative estimate of drug-likeness (QED) is 0.794. The molecule has 0 aliphatic rings. The maximum Gasteiger partial charge on any atom is 0.0453 e. The lowest BCUT2D eigenvalue weighted by Gasteiger charge is -2.19. The Bertz CT molecular complexity index is 531. The molecule has 1 heterocycles. The third kappa shape index (κ3) is 3.51. The van der Waals surface area contributed by atoms with E-state index >= 15 is 0 Å². The van der Waals surface area contributed by atoms with Gasteiger partial charge < -0.3 is 5.32 Å². The van der Waals surface area contributed by atoms with E-state index in [0.717, 1.165) is 28.6 Å². The van der Waals surface area contributed by atoms with Gasteiger partial charge in [0.05, 0.1) is 0 Å². The summed E-state index contributed by atoms with van der Waals surface area (Å²) in [4.78, 5) is 1.34. The molecule has 1 aromatic heterocycles. The molecule has 4 heteroatoms. The van der Waals surface area contributed by atoms with Gasteiger partial charge in [-0.15, -0.1) is 11.3 Å². The van der Waals surface area contributed by atoms with Crippen LogP contribution in [0.15, 0.2) is 29.6 Å². The number of rotatable bonds is 5. The van der Waals surface area contributed by atoms with Crippen molar-refractivity contribution in [3.63, 3.8) is 0 Å². The minimum atomic E-state index is 0.258. The van der Waals surface area contributed by atoms with E-state index in [0.29, 0.717) is 0 Å². The fourth-order valence-electron chi connectivity index (χ4n) is 2.23. The van der Waals surface area contributed by atoms with Gasteiger partial charge >= 0.3 is 0 Å². The number of benzene rings is 1. The van der Waals surface area contributed by atoms with Gasteiger partial charge in [0.25, 0.3) is 0 Å². The maximum absolute atomic E-state index is 6.27. The van der Waals surface area contributed by atoms with Crippen LogP contribution >= 0.6 is 34.5 Å². The van der Waals surface area contributed by atoms with Crippen molar-refractivity contribution in [3.8, 4) is 0 Å². The predicted octanol–water partition coefficient (Wildman–Crippen LogP) is 5.26. The molecular formula is C15H17Cl2NS. The van der Waals surface area contributed by atoms with Gasteiger partial charge in [0.1, 0.15) is 0 Å². The van der Waals surface area contributed by atoms with E-state index in [1.165, 1.54) is 10.4 Å². The normalized spacial score (nSPS) is 12.6. The first-order valence-corrected chi connectivity index (χ1v) is 7.97. The Morgan fingerprint density at radius 2 is 1.89 bits per heavy atom. The van der Waals surface area contributed by atoms with E-state index in [4.69, 9.17) is 23.2 Å². The molecule has 19 heavy (non-hydrogen) atoms. The molecule has 2 aromatic rings. The van der Waals surface area contributed by atoms with Crippen LogP contribution in [0.3, 0.4) is 0 Å². The van der Waals surface area contributed by atoms with Crippen molar-refractivity contribution in [1.82, 2.24) is 5.32 Å². The summed E-state index contributed by atoms with van der Waals surface area (Å²) < 4.78 is 0. The summed E-state index contributed by atoms with van der Waals surface area (Å²) in [5.41, 5.74) is 2.35. The number of aryl methyl sites for hydroxylation is 1. The lowest BCUT2D eigenvalue weighted by molar-refractivity contribution is 0.549. The van der Waals surface area contributed by atoms with Crippen molar-refractivity contribution < 1.29 is 0 Å². The van der Waals surface area contributed by atoms with Gasteiger partial charge in [0.15, 0.2) is 0 Å². The van der Waals surface area contributed by atoms with Gasteiger partial charge in [-0.1, -0.05) is 36.2 Å². The minimum absolute atomic E-state index is 0.258. The Hall–Kier alpha value is -0.540. The number of thiophene rings is 1. The van der Waals surface area contributed by atoms with Gasteiger partial charge in [0, 0.05) is 21.0 Å². The molecule has 1 atom stereocenters. The summed E-state index contributed by atoms with van der Waals surface area (Å²) in [5, 5.41) is 7.12. The highest BCUT2D eigenvalue weighted by Gasteiger charge is 2.17. The molecule has 2 rings (SSSR count). The van der Waals surface area contributed by atoms with Crippen molar-refractivity contribution >= 4 is 34.5 Å². The lowest BCUT2D eigenvalue weighted by atomic mass is 9.99. The molecule has 1 nitrogen and oxygen atoms in total. The highest BCUT2D eigenvalue weighted by Crippen LogP contribution is 2.31. The van der Waals surface area contributed by atoms with Crippen LogP contribution in [-0.2, 0) is 6.42 Å². The average molecular weight is 314 g/mol. The molecule has 0 radical (unpaired) electrons. The van der Waals surface area contributed by atoms with Crippen LogP contribution in [0.1, 0.15) is 29.0 Å². The van der Waals surface area contributed by atoms with Gasteiger partial charge in [-0.25, -0.2) is 0 Å². The summed E-state index contributed by atoms with van der Waals surface area (Å²) in [6.45, 7) is 5.18. The molecule has 1 aromatic carbocycles. The van der Waals surface area contributed by atoms with Crippen molar-refractivity contribution in [1.29, 1.82) is 0 Å². The van der Waals surface area contributed by atoms with E-state index in [1.807, 2.05) is 18.2 Å². The topological polar surface area (TPSA) is 12.0 Å². The van der Waals surface area contributed by atoms with Crippen LogP contribution in [0, 0.1) is 6.92 Å². The standard InChI is InChI=1S/C15H17Cl2NS/c1-3-18-15(11-7-8-19-10(11)2)9-12-13(16)5-4-6-14(12)17/h4-8,15,18H,3,9H2,1-2H3. The largest absolute Gasteiger partial charge is 0.310 e. The molecule has 1 unspecified atom stereocenters. The van der Waals surface area contributed by atoms with Crippen molar-refractivity contribution in [2.24, 2.45) is 0 Å². The third-order valence-corrected chi connectivity index (χ3v) is 4.76. The Labute approximate surface area is 128 Å². The molecule has 0 aliphatic carbocycles. The zero-order chi connectivity index (χ0) is 13.8. The highest BCUT2D eigenvalue weighted by atomic mass is 35.5. The van der Waals surface area contributed by atoms with Crippen LogP contribution in [-0.4, -0.2) is 6.54 Å². The second-order valence-corrected chi connectivity index (χ2v) is 6.38. The molecule has 0 saturated heterocycles. The smallest absolute Gasteiger partial charge is 0.0453 e. The van der Waals surface area contributed by atoms with Crippen molar-refractivity contribution in [2.75, 3.05) is 6.54 Å². The molecule has 0 spiro atoms. The number of hydrogen-bond acceptors (Lipinski definition) is 2. The van der Waals surface area contributed by atoms with Crippen LogP contribution in [0.4, 0.5) is 0 Å². The Morgan fingerprint density at radius 3 is 2.42 bits per heavy atom. The molecule has 0 aliphatic heterocycles. The van der Waals surface area contributed by atoms with Crippen LogP contribution in [0.25, 0.3) is 0 Å². The molecule has 102 valence electrons. The number of nitrogens with one attached hydrogen (secondary N) is 1. The Balaban J connectivity index is 2.29. The number of hydrogen-bond donors (Lipinski definition) is 1. The first kappa shape index (κ1) is 14.9. The van der Waals surface area contributed by atoms with E-state index in [1.54, 1.807) is 11.3 Å². The van der Waals surface area contributed by atoms with Gasteiger partial charge in [-0.05, 0) is 54.6 Å².